The van der Waals surface area contributed by atoms with E-state index in [1.165, 1.54) is 6.42 Å². The minimum atomic E-state index is 0.206. The molecule has 112 valence electrons. The highest BCUT2D eigenvalue weighted by Crippen LogP contribution is 2.37. The smallest absolute Gasteiger partial charge is 0.224 e. The van der Waals surface area contributed by atoms with Gasteiger partial charge in [0.1, 0.15) is 0 Å². The Balaban J connectivity index is 1.66. The predicted octanol–water partition coefficient (Wildman–Crippen LogP) is 0.882. The molecule has 3 aliphatic heterocycles. The van der Waals surface area contributed by atoms with E-state index in [-0.39, 0.29) is 5.91 Å². The Morgan fingerprint density at radius 3 is 3.00 bits per heavy atom. The number of ether oxygens (including phenoxy) is 1. The Hall–Kier alpha value is -1.10. The number of likely N-dealkylation sites (tertiary alicyclic amines) is 1. The molecule has 0 aromatic carbocycles. The van der Waals surface area contributed by atoms with Crippen LogP contribution in [-0.2, 0) is 14.3 Å². The average Bonchev–Trinajstić information content (AvgIpc) is 2.46. The van der Waals surface area contributed by atoms with Crippen LogP contribution < -0.4 is 0 Å². The summed E-state index contributed by atoms with van der Waals surface area (Å²) in [5.74, 6) is 1.49. The van der Waals surface area contributed by atoms with E-state index in [4.69, 9.17) is 4.74 Å². The van der Waals surface area contributed by atoms with Gasteiger partial charge in [-0.3, -0.25) is 9.59 Å². The molecular weight excluding hydrogens is 256 g/mol. The van der Waals surface area contributed by atoms with E-state index in [1.807, 2.05) is 4.90 Å². The Labute approximate surface area is 120 Å². The first-order chi connectivity index (χ1) is 9.69. The molecule has 5 heteroatoms. The molecule has 0 aliphatic carbocycles. The third kappa shape index (κ3) is 2.55. The van der Waals surface area contributed by atoms with Crippen LogP contribution in [0, 0.1) is 11.8 Å². The molecule has 3 rings (SSSR count). The summed E-state index contributed by atoms with van der Waals surface area (Å²) in [5.41, 5.74) is 0. The second kappa shape index (κ2) is 5.72. The minimum Gasteiger partial charge on any atom is -0.384 e. The predicted molar refractivity (Wildman–Crippen MR) is 74.0 cm³/mol. The van der Waals surface area contributed by atoms with Crippen molar-refractivity contribution < 1.29 is 14.3 Å². The van der Waals surface area contributed by atoms with E-state index >= 15 is 0 Å². The van der Waals surface area contributed by atoms with Crippen molar-refractivity contribution >= 4 is 11.8 Å². The molecule has 3 saturated heterocycles. The van der Waals surface area contributed by atoms with Gasteiger partial charge < -0.3 is 14.5 Å². The molecule has 3 heterocycles. The van der Waals surface area contributed by atoms with Crippen molar-refractivity contribution in [3.8, 4) is 0 Å². The van der Waals surface area contributed by atoms with Crippen LogP contribution in [0.4, 0.5) is 0 Å². The number of hydrogen-bond acceptors (Lipinski definition) is 3. The lowest BCUT2D eigenvalue weighted by Gasteiger charge is -2.52. The first-order valence-electron chi connectivity index (χ1n) is 7.75. The van der Waals surface area contributed by atoms with E-state index in [2.05, 4.69) is 4.90 Å². The number of piperidine rings is 3. The largest absolute Gasteiger partial charge is 0.384 e. The number of nitrogens with zero attached hydrogens (tertiary/aromatic N) is 2. The maximum absolute atomic E-state index is 12.2. The number of fused-ring (bicyclic) bond motifs is 4. The molecule has 0 aromatic heterocycles. The van der Waals surface area contributed by atoms with Gasteiger partial charge in [-0.15, -0.1) is 0 Å². The van der Waals surface area contributed by atoms with E-state index in [9.17, 15) is 9.59 Å². The fourth-order valence-electron chi connectivity index (χ4n) is 4.16. The summed E-state index contributed by atoms with van der Waals surface area (Å²) in [4.78, 5) is 28.3. The quantitative estimate of drug-likeness (QED) is 0.771. The molecular formula is C15H24N2O3. The zero-order valence-electron chi connectivity index (χ0n) is 12.2. The van der Waals surface area contributed by atoms with Crippen LogP contribution in [0.2, 0.25) is 0 Å². The van der Waals surface area contributed by atoms with Crippen molar-refractivity contribution in [2.24, 2.45) is 11.8 Å². The maximum Gasteiger partial charge on any atom is 0.224 e. The molecule has 0 saturated carbocycles. The van der Waals surface area contributed by atoms with Gasteiger partial charge in [0.15, 0.2) is 0 Å². The molecule has 5 nitrogen and oxygen atoms in total. The summed E-state index contributed by atoms with van der Waals surface area (Å²) in [6.45, 7) is 3.00. The first kappa shape index (κ1) is 13.9. The Kier molecular flexibility index (Phi) is 3.96. The lowest BCUT2D eigenvalue weighted by atomic mass is 9.76. The fraction of sp³-hybridized carbons (Fsp3) is 0.867. The molecule has 20 heavy (non-hydrogen) atoms. The van der Waals surface area contributed by atoms with Crippen molar-refractivity contribution in [1.29, 1.82) is 0 Å². The lowest BCUT2D eigenvalue weighted by Crippen LogP contribution is -2.61. The van der Waals surface area contributed by atoms with Gasteiger partial charge in [-0.1, -0.05) is 0 Å². The fourth-order valence-corrected chi connectivity index (χ4v) is 4.16. The number of carbonyl (C=O) groups excluding carboxylic acids is 2. The van der Waals surface area contributed by atoms with Gasteiger partial charge in [0.05, 0.1) is 13.0 Å². The highest BCUT2D eigenvalue weighted by atomic mass is 16.5. The zero-order chi connectivity index (χ0) is 14.1. The zero-order valence-corrected chi connectivity index (χ0v) is 12.2. The van der Waals surface area contributed by atoms with Crippen LogP contribution in [0.25, 0.3) is 0 Å². The van der Waals surface area contributed by atoms with Crippen molar-refractivity contribution in [3.63, 3.8) is 0 Å². The first-order valence-corrected chi connectivity index (χ1v) is 7.75. The molecule has 3 fully saturated rings. The van der Waals surface area contributed by atoms with E-state index in [0.29, 0.717) is 43.2 Å². The number of carbonyl (C=O) groups is 2. The van der Waals surface area contributed by atoms with E-state index < -0.39 is 0 Å². The second-order valence-corrected chi connectivity index (χ2v) is 6.41. The van der Waals surface area contributed by atoms with Crippen molar-refractivity contribution in [3.05, 3.63) is 0 Å². The molecule has 2 bridgehead atoms. The van der Waals surface area contributed by atoms with Crippen LogP contribution in [0.1, 0.15) is 32.1 Å². The Morgan fingerprint density at radius 2 is 2.20 bits per heavy atom. The summed E-state index contributed by atoms with van der Waals surface area (Å²) in [5, 5.41) is 0. The van der Waals surface area contributed by atoms with E-state index in [1.54, 1.807) is 7.11 Å². The van der Waals surface area contributed by atoms with Crippen molar-refractivity contribution in [1.82, 2.24) is 9.80 Å². The summed E-state index contributed by atoms with van der Waals surface area (Å²) < 4.78 is 5.00. The monoisotopic (exact) mass is 280 g/mol. The number of rotatable bonds is 3. The van der Waals surface area contributed by atoms with Crippen molar-refractivity contribution in [2.75, 3.05) is 33.4 Å². The van der Waals surface area contributed by atoms with E-state index in [0.717, 1.165) is 32.5 Å². The highest BCUT2D eigenvalue weighted by Gasteiger charge is 2.44. The number of methoxy groups -OCH3 is 1. The second-order valence-electron chi connectivity index (χ2n) is 6.41. The van der Waals surface area contributed by atoms with Gasteiger partial charge in [0.2, 0.25) is 11.8 Å². The summed E-state index contributed by atoms with van der Waals surface area (Å²) in [6, 6.07) is 0.380. The molecule has 2 unspecified atom stereocenters. The highest BCUT2D eigenvalue weighted by molar-refractivity contribution is 5.78. The summed E-state index contributed by atoms with van der Waals surface area (Å²) in [6.07, 6.45) is 4.50. The molecule has 2 amide bonds. The van der Waals surface area contributed by atoms with Crippen LogP contribution in [0.15, 0.2) is 0 Å². The van der Waals surface area contributed by atoms with Gasteiger partial charge in [0.25, 0.3) is 0 Å². The third-order valence-electron chi connectivity index (χ3n) is 5.05. The topological polar surface area (TPSA) is 49.9 Å². The van der Waals surface area contributed by atoms with Crippen LogP contribution in [-0.4, -0.2) is 61.0 Å². The number of hydrogen-bond donors (Lipinski definition) is 0. The lowest BCUT2D eigenvalue weighted by molar-refractivity contribution is -0.149. The third-order valence-corrected chi connectivity index (χ3v) is 5.05. The SMILES string of the molecule is COCCC(=O)N1CC2CC(C1)[C@H]1CCCC(=O)N1C2. The molecule has 3 aliphatic rings. The molecule has 0 aromatic rings. The van der Waals surface area contributed by atoms with Crippen LogP contribution in [0.3, 0.4) is 0 Å². The van der Waals surface area contributed by atoms with Gasteiger partial charge in [-0.2, -0.15) is 0 Å². The summed E-state index contributed by atoms with van der Waals surface area (Å²) in [7, 11) is 1.63. The standard InChI is InChI=1S/C15H24N2O3/c1-20-6-5-14(18)16-8-11-7-12(10-16)13-3-2-4-15(19)17(13)9-11/h11-13H,2-10H2,1H3/t11?,12?,13-/m1/s1. The van der Waals surface area contributed by atoms with Gasteiger partial charge in [0, 0.05) is 39.2 Å². The Bertz CT molecular complexity index is 399. The van der Waals surface area contributed by atoms with Gasteiger partial charge in [-0.05, 0) is 31.1 Å². The minimum absolute atomic E-state index is 0.206. The van der Waals surface area contributed by atoms with Crippen molar-refractivity contribution in [2.45, 2.75) is 38.1 Å². The van der Waals surface area contributed by atoms with Gasteiger partial charge in [-0.25, -0.2) is 0 Å². The molecule has 0 radical (unpaired) electrons. The molecule has 0 N–H and O–H groups in total. The summed E-state index contributed by atoms with van der Waals surface area (Å²) >= 11 is 0. The van der Waals surface area contributed by atoms with Gasteiger partial charge >= 0.3 is 0 Å². The van der Waals surface area contributed by atoms with Crippen LogP contribution >= 0.6 is 0 Å². The molecule has 0 spiro atoms. The normalized spacial score (nSPS) is 33.0. The Morgan fingerprint density at radius 1 is 1.35 bits per heavy atom. The van der Waals surface area contributed by atoms with Crippen LogP contribution in [0.5, 0.6) is 0 Å². The molecule has 3 atom stereocenters. The maximum atomic E-state index is 12.2. The number of amides is 2. The average molecular weight is 280 g/mol.